The molecule has 0 aromatic rings. The van der Waals surface area contributed by atoms with E-state index in [9.17, 15) is 4.79 Å². The van der Waals surface area contributed by atoms with Crippen LogP contribution in [0, 0.1) is 0 Å². The summed E-state index contributed by atoms with van der Waals surface area (Å²) in [4.78, 5) is 10.6. The van der Waals surface area contributed by atoms with Crippen LogP contribution in [0.2, 0.25) is 0 Å². The van der Waals surface area contributed by atoms with Crippen molar-refractivity contribution < 1.29 is 9.53 Å². The Morgan fingerprint density at radius 2 is 2.22 bits per heavy atom. The Bertz CT molecular complexity index is 97.0. The van der Waals surface area contributed by atoms with Crippen LogP contribution in [0.25, 0.3) is 0 Å². The van der Waals surface area contributed by atoms with Gasteiger partial charge in [0.25, 0.3) is 0 Å². The summed E-state index contributed by atoms with van der Waals surface area (Å²) >= 11 is 3.00. The van der Waals surface area contributed by atoms with Crippen molar-refractivity contribution in [2.24, 2.45) is 0 Å². The number of hydrogen-bond donors (Lipinski definition) is 0. The van der Waals surface area contributed by atoms with Crippen molar-refractivity contribution in [2.75, 3.05) is 13.2 Å². The van der Waals surface area contributed by atoms with Gasteiger partial charge in [0.1, 0.15) is 0 Å². The molecule has 0 aliphatic carbocycles. The fraction of sp³-hybridized carbons (Fsp3) is 0.800. The minimum Gasteiger partial charge on any atom is -0.449 e. The molecule has 0 N–H and O–H groups in total. The van der Waals surface area contributed by atoms with Crippen molar-refractivity contribution in [2.45, 2.75) is 13.8 Å². The second kappa shape index (κ2) is 4.61. The third-order valence-corrected chi connectivity index (χ3v) is 1.53. The van der Waals surface area contributed by atoms with Crippen LogP contribution in [-0.4, -0.2) is 23.2 Å². The molecule has 0 unspecified atom stereocenters. The molecule has 54 valence electrons. The van der Waals surface area contributed by atoms with Gasteiger partial charge < -0.3 is 4.74 Å². The predicted molar refractivity (Wildman–Crippen MR) is 38.3 cm³/mol. The van der Waals surface area contributed by atoms with Crippen LogP contribution in [0.4, 0.5) is 4.79 Å². The van der Waals surface area contributed by atoms with Gasteiger partial charge in [0.15, 0.2) is 0 Å². The first kappa shape index (κ1) is 8.75. The van der Waals surface area contributed by atoms with Gasteiger partial charge in [-0.15, -0.1) is 0 Å². The van der Waals surface area contributed by atoms with E-state index in [0.717, 1.165) is 0 Å². The van der Waals surface area contributed by atoms with Gasteiger partial charge in [-0.25, -0.2) is 8.72 Å². The number of rotatable bonds is 2. The molecule has 0 fully saturated rings. The van der Waals surface area contributed by atoms with Gasteiger partial charge in [0.2, 0.25) is 0 Å². The molecule has 0 spiro atoms. The van der Waals surface area contributed by atoms with E-state index in [1.54, 1.807) is 6.92 Å². The Morgan fingerprint density at radius 3 is 2.56 bits per heavy atom. The van der Waals surface area contributed by atoms with Crippen molar-refractivity contribution in [1.29, 1.82) is 0 Å². The highest BCUT2D eigenvalue weighted by Crippen LogP contribution is 1.99. The number of hydrogen-bond acceptors (Lipinski definition) is 2. The molecule has 0 aliphatic heterocycles. The van der Waals surface area contributed by atoms with Crippen molar-refractivity contribution >= 4 is 22.2 Å². The Hall–Kier alpha value is -0.250. The van der Waals surface area contributed by atoms with Gasteiger partial charge in [0.05, 0.1) is 22.8 Å². The maximum absolute atomic E-state index is 10.6. The second-order valence-electron chi connectivity index (χ2n) is 1.38. The zero-order valence-electron chi connectivity index (χ0n) is 5.56. The molecular weight excluding hydrogens is 186 g/mol. The largest absolute Gasteiger partial charge is 0.449 e. The highest BCUT2D eigenvalue weighted by Gasteiger charge is 2.06. The molecule has 0 atom stereocenters. The molecule has 0 heterocycles. The van der Waals surface area contributed by atoms with Crippen LogP contribution in [-0.2, 0) is 4.74 Å². The highest BCUT2D eigenvalue weighted by molar-refractivity contribution is 9.07. The van der Waals surface area contributed by atoms with Crippen molar-refractivity contribution in [3.8, 4) is 0 Å². The predicted octanol–water partition coefficient (Wildman–Crippen LogP) is 1.77. The van der Waals surface area contributed by atoms with Gasteiger partial charge in [-0.2, -0.15) is 0 Å². The maximum Gasteiger partial charge on any atom is 0.419 e. The minimum absolute atomic E-state index is 0.333. The first-order valence-electron chi connectivity index (χ1n) is 2.82. The molecule has 4 heteroatoms. The summed E-state index contributed by atoms with van der Waals surface area (Å²) in [5, 5.41) is 0. The lowest BCUT2D eigenvalue weighted by atomic mass is 10.7. The normalized spacial score (nSPS) is 8.78. The van der Waals surface area contributed by atoms with Crippen molar-refractivity contribution in [3.05, 3.63) is 0 Å². The van der Waals surface area contributed by atoms with E-state index in [2.05, 4.69) is 20.9 Å². The second-order valence-corrected chi connectivity index (χ2v) is 2.23. The van der Waals surface area contributed by atoms with E-state index >= 15 is 0 Å². The molecule has 9 heavy (non-hydrogen) atoms. The zero-order chi connectivity index (χ0) is 7.28. The first-order valence-corrected chi connectivity index (χ1v) is 3.53. The quantitative estimate of drug-likeness (QED) is 0.630. The third-order valence-electron chi connectivity index (χ3n) is 0.744. The monoisotopic (exact) mass is 195 g/mol. The number of carbonyl (C=O) groups excluding carboxylic acids is 1. The molecule has 1 amide bonds. The Balaban J connectivity index is 3.46. The standard InChI is InChI=1S/C5H10BrNO2/c1-3-7(6)5(8)9-4-2/h3-4H2,1-2H3. The third kappa shape index (κ3) is 3.35. The fourth-order valence-corrected chi connectivity index (χ4v) is 0.425. The van der Waals surface area contributed by atoms with Gasteiger partial charge >= 0.3 is 6.09 Å². The smallest absolute Gasteiger partial charge is 0.419 e. The Morgan fingerprint density at radius 1 is 1.67 bits per heavy atom. The summed E-state index contributed by atoms with van der Waals surface area (Å²) < 4.78 is 5.96. The van der Waals surface area contributed by atoms with E-state index < -0.39 is 0 Å². The molecule has 0 aromatic carbocycles. The van der Waals surface area contributed by atoms with Crippen LogP contribution in [0.3, 0.4) is 0 Å². The van der Waals surface area contributed by atoms with Crippen LogP contribution < -0.4 is 0 Å². The van der Waals surface area contributed by atoms with E-state index in [4.69, 9.17) is 0 Å². The average molecular weight is 196 g/mol. The molecule has 3 nitrogen and oxygen atoms in total. The van der Waals surface area contributed by atoms with E-state index in [0.29, 0.717) is 13.2 Å². The highest BCUT2D eigenvalue weighted by atomic mass is 79.9. The van der Waals surface area contributed by atoms with Gasteiger partial charge in [0, 0.05) is 6.54 Å². The summed E-state index contributed by atoms with van der Waals surface area (Å²) in [6.07, 6.45) is -0.333. The Kier molecular flexibility index (Phi) is 4.48. The number of carbonyl (C=O) groups is 1. The molecule has 0 aromatic heterocycles. The van der Waals surface area contributed by atoms with Crippen molar-refractivity contribution in [3.63, 3.8) is 0 Å². The summed E-state index contributed by atoms with van der Waals surface area (Å²) in [7, 11) is 0. The van der Waals surface area contributed by atoms with Gasteiger partial charge in [-0.1, -0.05) is 0 Å². The number of halogens is 1. The summed E-state index contributed by atoms with van der Waals surface area (Å²) in [6, 6.07) is 0. The molecule has 0 bridgehead atoms. The van der Waals surface area contributed by atoms with E-state index in [1.165, 1.54) is 3.93 Å². The number of amides is 1. The molecule has 0 rings (SSSR count). The lowest BCUT2D eigenvalue weighted by molar-refractivity contribution is 0.136. The number of ether oxygens (including phenoxy) is 1. The topological polar surface area (TPSA) is 29.5 Å². The fourth-order valence-electron chi connectivity index (χ4n) is 0.323. The van der Waals surface area contributed by atoms with Crippen LogP contribution in [0.1, 0.15) is 13.8 Å². The van der Waals surface area contributed by atoms with Gasteiger partial charge in [-0.05, 0) is 13.8 Å². The lowest BCUT2D eigenvalue weighted by Gasteiger charge is -2.09. The van der Waals surface area contributed by atoms with Crippen LogP contribution in [0.5, 0.6) is 0 Å². The SMILES string of the molecule is CCOC(=O)N(Br)CC. The molecule has 0 saturated heterocycles. The lowest BCUT2D eigenvalue weighted by Crippen LogP contribution is -2.21. The summed E-state index contributed by atoms with van der Waals surface area (Å²) in [5.74, 6) is 0. The average Bonchev–Trinajstić information content (AvgIpc) is 1.87. The molecule has 0 radical (unpaired) electrons. The summed E-state index contributed by atoms with van der Waals surface area (Å²) in [5.41, 5.74) is 0. The maximum atomic E-state index is 10.6. The van der Waals surface area contributed by atoms with E-state index in [1.807, 2.05) is 6.92 Å². The van der Waals surface area contributed by atoms with Gasteiger partial charge in [-0.3, -0.25) is 0 Å². The molecule has 0 saturated carbocycles. The van der Waals surface area contributed by atoms with E-state index in [-0.39, 0.29) is 6.09 Å². The first-order chi connectivity index (χ1) is 4.22. The number of nitrogens with zero attached hydrogens (tertiary/aromatic N) is 1. The van der Waals surface area contributed by atoms with Crippen LogP contribution >= 0.6 is 16.1 Å². The zero-order valence-corrected chi connectivity index (χ0v) is 7.14. The Labute approximate surface area is 63.3 Å². The van der Waals surface area contributed by atoms with Crippen LogP contribution in [0.15, 0.2) is 0 Å². The minimum atomic E-state index is -0.333. The van der Waals surface area contributed by atoms with Crippen molar-refractivity contribution in [1.82, 2.24) is 3.93 Å². The summed E-state index contributed by atoms with van der Waals surface area (Å²) in [6.45, 7) is 4.65. The molecular formula is C5H10BrNO2. The molecule has 0 aliphatic rings.